The third-order valence-corrected chi connectivity index (χ3v) is 4.32. The van der Waals surface area contributed by atoms with Crippen molar-refractivity contribution in [2.45, 2.75) is 57.2 Å². The van der Waals surface area contributed by atoms with E-state index in [9.17, 15) is 4.79 Å². The topological polar surface area (TPSA) is 41.1 Å². The van der Waals surface area contributed by atoms with Crippen LogP contribution in [0.5, 0.6) is 0 Å². The number of fused-ring (bicyclic) bond motifs is 2. The molecule has 2 atom stereocenters. The van der Waals surface area contributed by atoms with Gasteiger partial charge in [-0.25, -0.2) is 0 Å². The molecule has 3 nitrogen and oxygen atoms in total. The molecule has 3 heteroatoms. The summed E-state index contributed by atoms with van der Waals surface area (Å²) in [4.78, 5) is 12.1. The highest BCUT2D eigenvalue weighted by atomic mass is 16.1. The first-order chi connectivity index (χ1) is 9.19. The van der Waals surface area contributed by atoms with Gasteiger partial charge in [-0.2, -0.15) is 0 Å². The van der Waals surface area contributed by atoms with Crippen molar-refractivity contribution in [2.24, 2.45) is 0 Å². The first kappa shape index (κ1) is 12.7. The van der Waals surface area contributed by atoms with E-state index >= 15 is 0 Å². The summed E-state index contributed by atoms with van der Waals surface area (Å²) >= 11 is 0. The normalized spacial score (nSPS) is 29.2. The van der Waals surface area contributed by atoms with Gasteiger partial charge in [0.25, 0.3) is 0 Å². The Morgan fingerprint density at radius 3 is 2.47 bits per heavy atom. The largest absolute Gasteiger partial charge is 0.353 e. The summed E-state index contributed by atoms with van der Waals surface area (Å²) in [6.07, 6.45) is 5.23. The molecule has 1 aromatic rings. The Labute approximate surface area is 114 Å². The molecule has 1 aromatic carbocycles. The molecule has 2 aliphatic rings. The predicted molar refractivity (Wildman–Crippen MR) is 76.0 cm³/mol. The number of rotatable bonds is 3. The van der Waals surface area contributed by atoms with E-state index in [1.165, 1.54) is 18.4 Å². The lowest BCUT2D eigenvalue weighted by molar-refractivity contribution is -0.121. The number of hydrogen-bond acceptors (Lipinski definition) is 2. The maximum Gasteiger partial charge on any atom is 0.224 e. The van der Waals surface area contributed by atoms with Crippen molar-refractivity contribution in [3.63, 3.8) is 0 Å². The van der Waals surface area contributed by atoms with Crippen molar-refractivity contribution in [1.29, 1.82) is 0 Å². The monoisotopic (exact) mass is 258 g/mol. The van der Waals surface area contributed by atoms with Crippen LogP contribution in [0.4, 0.5) is 0 Å². The number of carbonyl (C=O) groups excluding carboxylic acids is 1. The number of piperidine rings is 1. The van der Waals surface area contributed by atoms with E-state index in [1.54, 1.807) is 0 Å². The second kappa shape index (κ2) is 5.33. The molecular formula is C16H22N2O. The predicted octanol–water partition coefficient (Wildman–Crippen LogP) is 1.94. The molecule has 2 unspecified atom stereocenters. The molecule has 0 aromatic heterocycles. The highest BCUT2D eigenvalue weighted by molar-refractivity contribution is 5.78. The Balaban J connectivity index is 1.52. The van der Waals surface area contributed by atoms with Crippen LogP contribution < -0.4 is 10.6 Å². The molecule has 19 heavy (non-hydrogen) atoms. The third-order valence-electron chi connectivity index (χ3n) is 4.32. The smallest absolute Gasteiger partial charge is 0.224 e. The highest BCUT2D eigenvalue weighted by Gasteiger charge is 2.33. The van der Waals surface area contributed by atoms with Crippen LogP contribution in [0.15, 0.2) is 24.3 Å². The van der Waals surface area contributed by atoms with Gasteiger partial charge in [-0.15, -0.1) is 0 Å². The molecule has 0 radical (unpaired) electrons. The second-order valence-corrected chi connectivity index (χ2v) is 6.04. The minimum absolute atomic E-state index is 0.162. The van der Waals surface area contributed by atoms with Crippen LogP contribution in [0.25, 0.3) is 0 Å². The number of carbonyl (C=O) groups is 1. The van der Waals surface area contributed by atoms with E-state index < -0.39 is 0 Å². The molecule has 3 rings (SSSR count). The molecule has 0 aliphatic carbocycles. The molecular weight excluding hydrogens is 236 g/mol. The summed E-state index contributed by atoms with van der Waals surface area (Å²) in [6.45, 7) is 2.06. The van der Waals surface area contributed by atoms with Gasteiger partial charge in [-0.3, -0.25) is 4.79 Å². The van der Waals surface area contributed by atoms with Crippen LogP contribution in [-0.4, -0.2) is 24.0 Å². The van der Waals surface area contributed by atoms with Gasteiger partial charge in [0.2, 0.25) is 5.91 Å². The first-order valence-corrected chi connectivity index (χ1v) is 7.30. The average Bonchev–Trinajstić information content (AvgIpc) is 2.72. The molecule has 2 N–H and O–H groups in total. The number of benzene rings is 1. The minimum Gasteiger partial charge on any atom is -0.353 e. The Morgan fingerprint density at radius 2 is 1.84 bits per heavy atom. The average molecular weight is 258 g/mol. The van der Waals surface area contributed by atoms with E-state index in [4.69, 9.17) is 0 Å². The zero-order valence-electron chi connectivity index (χ0n) is 11.5. The molecule has 2 fully saturated rings. The van der Waals surface area contributed by atoms with Crippen LogP contribution in [0.2, 0.25) is 0 Å². The van der Waals surface area contributed by atoms with Gasteiger partial charge in [0.15, 0.2) is 0 Å². The fourth-order valence-corrected chi connectivity index (χ4v) is 3.35. The Bertz CT molecular complexity index is 442. The van der Waals surface area contributed by atoms with Gasteiger partial charge < -0.3 is 10.6 Å². The number of nitrogens with one attached hydrogen (secondary N) is 2. The van der Waals surface area contributed by atoms with Gasteiger partial charge in [0.1, 0.15) is 0 Å². The fraction of sp³-hybridized carbons (Fsp3) is 0.562. The molecule has 2 saturated heterocycles. The fourth-order valence-electron chi connectivity index (χ4n) is 3.35. The molecule has 2 aliphatic heterocycles. The Hall–Kier alpha value is -1.35. The van der Waals surface area contributed by atoms with E-state index in [-0.39, 0.29) is 5.91 Å². The van der Waals surface area contributed by atoms with Crippen LogP contribution in [0, 0.1) is 6.92 Å². The number of hydrogen-bond donors (Lipinski definition) is 2. The van der Waals surface area contributed by atoms with Crippen LogP contribution in [0.1, 0.15) is 36.8 Å². The van der Waals surface area contributed by atoms with Gasteiger partial charge in [-0.05, 0) is 38.2 Å². The second-order valence-electron chi connectivity index (χ2n) is 6.04. The van der Waals surface area contributed by atoms with Crippen molar-refractivity contribution < 1.29 is 4.79 Å². The maximum atomic E-state index is 12.1. The summed E-state index contributed by atoms with van der Waals surface area (Å²) in [5.41, 5.74) is 2.33. The van der Waals surface area contributed by atoms with E-state index in [0.29, 0.717) is 24.5 Å². The number of aryl methyl sites for hydroxylation is 1. The molecule has 0 spiro atoms. The summed E-state index contributed by atoms with van der Waals surface area (Å²) in [5, 5.41) is 6.80. The summed E-state index contributed by atoms with van der Waals surface area (Å²) in [7, 11) is 0. The van der Waals surface area contributed by atoms with Crippen molar-refractivity contribution >= 4 is 5.91 Å². The first-order valence-electron chi connectivity index (χ1n) is 7.30. The molecule has 0 saturated carbocycles. The minimum atomic E-state index is 0.162. The Morgan fingerprint density at radius 1 is 1.21 bits per heavy atom. The zero-order valence-corrected chi connectivity index (χ0v) is 11.5. The quantitative estimate of drug-likeness (QED) is 0.870. The SMILES string of the molecule is Cc1ccc(CC(=O)NC2CC3CCC(C2)N3)cc1. The van der Waals surface area contributed by atoms with Crippen LogP contribution in [0.3, 0.4) is 0 Å². The van der Waals surface area contributed by atoms with Gasteiger partial charge >= 0.3 is 0 Å². The van der Waals surface area contributed by atoms with Crippen molar-refractivity contribution in [3.8, 4) is 0 Å². The summed E-state index contributed by atoms with van der Waals surface area (Å²) in [5.74, 6) is 0.162. The number of amides is 1. The lowest BCUT2D eigenvalue weighted by Gasteiger charge is -2.29. The van der Waals surface area contributed by atoms with Crippen molar-refractivity contribution in [3.05, 3.63) is 35.4 Å². The summed E-state index contributed by atoms with van der Waals surface area (Å²) in [6, 6.07) is 9.84. The van der Waals surface area contributed by atoms with E-state index in [2.05, 4.69) is 29.7 Å². The van der Waals surface area contributed by atoms with Gasteiger partial charge in [0.05, 0.1) is 6.42 Å². The lowest BCUT2D eigenvalue weighted by atomic mass is 9.99. The van der Waals surface area contributed by atoms with E-state index in [0.717, 1.165) is 18.4 Å². The van der Waals surface area contributed by atoms with Gasteiger partial charge in [-0.1, -0.05) is 29.8 Å². The van der Waals surface area contributed by atoms with Crippen molar-refractivity contribution in [2.75, 3.05) is 0 Å². The Kier molecular flexibility index (Phi) is 3.56. The van der Waals surface area contributed by atoms with E-state index in [1.807, 2.05) is 12.1 Å². The lowest BCUT2D eigenvalue weighted by Crippen LogP contribution is -2.48. The molecule has 1 amide bonds. The highest BCUT2D eigenvalue weighted by Crippen LogP contribution is 2.26. The van der Waals surface area contributed by atoms with Crippen LogP contribution >= 0.6 is 0 Å². The summed E-state index contributed by atoms with van der Waals surface area (Å²) < 4.78 is 0. The molecule has 2 heterocycles. The molecule has 2 bridgehead atoms. The van der Waals surface area contributed by atoms with Crippen LogP contribution in [-0.2, 0) is 11.2 Å². The maximum absolute atomic E-state index is 12.1. The molecule has 102 valence electrons. The van der Waals surface area contributed by atoms with Gasteiger partial charge in [0, 0.05) is 18.1 Å². The third kappa shape index (κ3) is 3.16. The zero-order chi connectivity index (χ0) is 13.2. The van der Waals surface area contributed by atoms with Crippen molar-refractivity contribution in [1.82, 2.24) is 10.6 Å². The standard InChI is InChI=1S/C16H22N2O/c1-11-2-4-12(5-3-11)8-16(19)18-15-9-13-6-7-14(10-15)17-13/h2-5,13-15,17H,6-10H2,1H3,(H,18,19).